The van der Waals surface area contributed by atoms with Crippen molar-refractivity contribution in [1.82, 2.24) is 15.1 Å². The summed E-state index contributed by atoms with van der Waals surface area (Å²) in [7, 11) is -1.24. The average molecular weight is 359 g/mol. The highest BCUT2D eigenvalue weighted by atomic mass is 32.2. The molecule has 0 unspecified atom stereocenters. The first-order valence-electron chi connectivity index (χ1n) is 9.15. The molecule has 0 atom stereocenters. The van der Waals surface area contributed by atoms with Crippen molar-refractivity contribution in [2.75, 3.05) is 52.1 Å². The van der Waals surface area contributed by atoms with Gasteiger partial charge in [-0.05, 0) is 58.7 Å². The van der Waals surface area contributed by atoms with Crippen LogP contribution in [0.5, 0.6) is 0 Å². The number of sulfone groups is 1. The highest BCUT2D eigenvalue weighted by molar-refractivity contribution is 7.92. The van der Waals surface area contributed by atoms with Gasteiger partial charge in [0.15, 0.2) is 15.8 Å². The Bertz CT molecular complexity index is 537. The van der Waals surface area contributed by atoms with E-state index in [0.717, 1.165) is 31.4 Å². The fraction of sp³-hybridized carbons (Fsp3) is 0.941. The molecule has 0 saturated carbocycles. The number of hydrogen-bond donors (Lipinski definition) is 1. The largest absolute Gasteiger partial charge is 0.356 e. The first-order chi connectivity index (χ1) is 11.2. The van der Waals surface area contributed by atoms with Gasteiger partial charge in [0.05, 0.1) is 10.5 Å². The Morgan fingerprint density at radius 3 is 2.50 bits per heavy atom. The molecule has 140 valence electrons. The minimum Gasteiger partial charge on any atom is -0.356 e. The van der Waals surface area contributed by atoms with Gasteiger partial charge in [-0.2, -0.15) is 0 Å². The third-order valence-electron chi connectivity index (χ3n) is 5.37. The third kappa shape index (κ3) is 4.85. The fourth-order valence-corrected chi connectivity index (χ4v) is 4.81. The molecule has 24 heavy (non-hydrogen) atoms. The molecule has 0 amide bonds. The van der Waals surface area contributed by atoms with E-state index in [-0.39, 0.29) is 5.75 Å². The molecule has 2 aliphatic heterocycles. The summed E-state index contributed by atoms with van der Waals surface area (Å²) in [5, 5.41) is 3.41. The first kappa shape index (κ1) is 19.5. The Morgan fingerprint density at radius 1 is 1.25 bits per heavy atom. The predicted molar refractivity (Wildman–Crippen MR) is 100 cm³/mol. The quantitative estimate of drug-likeness (QED) is 0.465. The molecule has 0 bridgehead atoms. The molecule has 7 heteroatoms. The number of hydrogen-bond acceptors (Lipinski definition) is 4. The van der Waals surface area contributed by atoms with Gasteiger partial charge in [0.25, 0.3) is 0 Å². The Kier molecular flexibility index (Phi) is 6.53. The topological polar surface area (TPSA) is 65.0 Å². The van der Waals surface area contributed by atoms with Crippen LogP contribution in [0.3, 0.4) is 0 Å². The molecule has 0 aromatic carbocycles. The normalized spacial score (nSPS) is 25.7. The Hall–Kier alpha value is -0.820. The van der Waals surface area contributed by atoms with Gasteiger partial charge in [-0.15, -0.1) is 0 Å². The van der Waals surface area contributed by atoms with Crippen molar-refractivity contribution >= 4 is 15.8 Å². The molecule has 2 aliphatic rings. The van der Waals surface area contributed by atoms with Gasteiger partial charge in [-0.25, -0.2) is 8.42 Å². The van der Waals surface area contributed by atoms with Gasteiger partial charge in [-0.3, -0.25) is 4.99 Å². The van der Waals surface area contributed by atoms with E-state index in [0.29, 0.717) is 13.1 Å². The molecule has 0 aromatic heterocycles. The zero-order chi connectivity index (χ0) is 17.8. The van der Waals surface area contributed by atoms with Crippen LogP contribution in [0.15, 0.2) is 4.99 Å². The highest BCUT2D eigenvalue weighted by Crippen LogP contribution is 2.23. The lowest BCUT2D eigenvalue weighted by Crippen LogP contribution is -2.57. The first-order valence-corrected chi connectivity index (χ1v) is 10.8. The van der Waals surface area contributed by atoms with Crippen LogP contribution in [0.4, 0.5) is 0 Å². The van der Waals surface area contributed by atoms with Crippen LogP contribution < -0.4 is 5.32 Å². The van der Waals surface area contributed by atoms with Crippen molar-refractivity contribution in [3.05, 3.63) is 0 Å². The van der Waals surface area contributed by atoms with E-state index in [4.69, 9.17) is 0 Å². The van der Waals surface area contributed by atoms with Crippen molar-refractivity contribution < 1.29 is 8.42 Å². The molecule has 2 saturated heterocycles. The zero-order valence-electron chi connectivity index (χ0n) is 15.7. The summed E-state index contributed by atoms with van der Waals surface area (Å²) < 4.78 is 23.5. The van der Waals surface area contributed by atoms with Gasteiger partial charge in [0, 0.05) is 26.7 Å². The lowest BCUT2D eigenvalue weighted by atomic mass is 9.99. The Morgan fingerprint density at radius 2 is 1.92 bits per heavy atom. The summed E-state index contributed by atoms with van der Waals surface area (Å²) in [6.07, 6.45) is 3.71. The number of piperidine rings is 1. The molecule has 2 heterocycles. The van der Waals surface area contributed by atoms with Gasteiger partial charge in [-0.1, -0.05) is 6.92 Å². The number of rotatable bonds is 4. The van der Waals surface area contributed by atoms with E-state index in [1.54, 1.807) is 20.9 Å². The summed E-state index contributed by atoms with van der Waals surface area (Å²) in [4.78, 5) is 8.96. The van der Waals surface area contributed by atoms with Crippen LogP contribution in [0.2, 0.25) is 0 Å². The zero-order valence-corrected chi connectivity index (χ0v) is 16.5. The average Bonchev–Trinajstić information content (AvgIpc) is 2.52. The van der Waals surface area contributed by atoms with Crippen LogP contribution >= 0.6 is 0 Å². The van der Waals surface area contributed by atoms with Gasteiger partial charge >= 0.3 is 0 Å². The van der Waals surface area contributed by atoms with Gasteiger partial charge < -0.3 is 15.1 Å². The second-order valence-corrected chi connectivity index (χ2v) is 10.6. The van der Waals surface area contributed by atoms with Crippen LogP contribution in [0.1, 0.15) is 40.0 Å². The summed E-state index contributed by atoms with van der Waals surface area (Å²) in [5.74, 6) is 1.90. The van der Waals surface area contributed by atoms with Crippen molar-refractivity contribution in [2.45, 2.75) is 44.8 Å². The van der Waals surface area contributed by atoms with Crippen molar-refractivity contribution in [3.63, 3.8) is 0 Å². The Balaban J connectivity index is 1.75. The van der Waals surface area contributed by atoms with Gasteiger partial charge in [0.1, 0.15) is 0 Å². The van der Waals surface area contributed by atoms with Crippen molar-refractivity contribution in [3.8, 4) is 0 Å². The molecule has 2 fully saturated rings. The van der Waals surface area contributed by atoms with E-state index in [1.165, 1.54) is 25.9 Å². The number of nitrogens with one attached hydrogen (secondary N) is 1. The molecular weight excluding hydrogens is 324 g/mol. The highest BCUT2D eigenvalue weighted by Gasteiger charge is 2.40. The minimum atomic E-state index is -3.01. The van der Waals surface area contributed by atoms with Crippen LogP contribution in [-0.4, -0.2) is 81.0 Å². The summed E-state index contributed by atoms with van der Waals surface area (Å²) in [6.45, 7) is 11.4. The molecule has 0 radical (unpaired) electrons. The standard InChI is InChI=1S/C17H34N4O2S/c1-15-6-10-20(11-7-15)9-5-8-19-16(18-4)21-12-13-24(22,23)17(2,3)14-21/h15H,5-14H2,1-4H3,(H,18,19). The number of guanidine groups is 1. The molecule has 6 nitrogen and oxygen atoms in total. The number of likely N-dealkylation sites (tertiary alicyclic amines) is 1. The molecule has 2 rings (SSSR count). The lowest BCUT2D eigenvalue weighted by molar-refractivity contribution is 0.191. The monoisotopic (exact) mass is 358 g/mol. The summed E-state index contributed by atoms with van der Waals surface area (Å²) >= 11 is 0. The van der Waals surface area contributed by atoms with E-state index in [9.17, 15) is 8.42 Å². The van der Waals surface area contributed by atoms with E-state index in [1.807, 2.05) is 0 Å². The predicted octanol–water partition coefficient (Wildman–Crippen LogP) is 1.19. The summed E-state index contributed by atoms with van der Waals surface area (Å²) in [5.41, 5.74) is 0. The second kappa shape index (κ2) is 8.04. The van der Waals surface area contributed by atoms with Crippen LogP contribution in [-0.2, 0) is 9.84 Å². The summed E-state index contributed by atoms with van der Waals surface area (Å²) in [6, 6.07) is 0. The maximum atomic E-state index is 12.1. The lowest BCUT2D eigenvalue weighted by Gasteiger charge is -2.39. The molecule has 0 aliphatic carbocycles. The third-order valence-corrected chi connectivity index (χ3v) is 7.90. The SMILES string of the molecule is CN=C(NCCCN1CCC(C)CC1)N1CCS(=O)(=O)C(C)(C)C1. The van der Waals surface area contributed by atoms with Crippen molar-refractivity contribution in [2.24, 2.45) is 10.9 Å². The maximum absolute atomic E-state index is 12.1. The smallest absolute Gasteiger partial charge is 0.193 e. The minimum absolute atomic E-state index is 0.201. The Labute approximate surface area is 147 Å². The van der Waals surface area contributed by atoms with E-state index < -0.39 is 14.6 Å². The molecule has 0 spiro atoms. The van der Waals surface area contributed by atoms with E-state index >= 15 is 0 Å². The van der Waals surface area contributed by atoms with Crippen LogP contribution in [0, 0.1) is 5.92 Å². The molecular formula is C17H34N4O2S. The van der Waals surface area contributed by atoms with Gasteiger partial charge in [0.2, 0.25) is 0 Å². The molecule has 0 aromatic rings. The second-order valence-electron chi connectivity index (χ2n) is 7.85. The van der Waals surface area contributed by atoms with Crippen LogP contribution in [0.25, 0.3) is 0 Å². The number of aliphatic imine (C=N–C) groups is 1. The fourth-order valence-electron chi connectivity index (χ4n) is 3.45. The van der Waals surface area contributed by atoms with E-state index in [2.05, 4.69) is 27.0 Å². The number of nitrogens with zero attached hydrogens (tertiary/aromatic N) is 3. The van der Waals surface area contributed by atoms with Crippen molar-refractivity contribution in [1.29, 1.82) is 0 Å². The molecule has 1 N–H and O–H groups in total. The maximum Gasteiger partial charge on any atom is 0.193 e.